The van der Waals surface area contributed by atoms with Gasteiger partial charge in [-0.05, 0) is 55.3 Å². The van der Waals surface area contributed by atoms with Crippen LogP contribution in [0.1, 0.15) is 17.5 Å². The van der Waals surface area contributed by atoms with Gasteiger partial charge in [-0.25, -0.2) is 4.39 Å². The molecule has 0 bridgehead atoms. The molecule has 23 heavy (non-hydrogen) atoms. The molecular formula is C18H20ClFN2O. The van der Waals surface area contributed by atoms with E-state index in [4.69, 9.17) is 11.6 Å². The third-order valence-electron chi connectivity index (χ3n) is 3.52. The van der Waals surface area contributed by atoms with E-state index in [1.807, 2.05) is 19.1 Å². The molecule has 0 aliphatic carbocycles. The van der Waals surface area contributed by atoms with Crippen LogP contribution in [0.4, 0.5) is 10.1 Å². The Morgan fingerprint density at radius 2 is 1.96 bits per heavy atom. The molecule has 0 unspecified atom stereocenters. The largest absolute Gasteiger partial charge is 0.326 e. The molecule has 0 saturated heterocycles. The Labute approximate surface area is 140 Å². The molecule has 0 aliphatic rings. The maximum Gasteiger partial charge on any atom is 0.225 e. The smallest absolute Gasteiger partial charge is 0.225 e. The first-order valence-electron chi connectivity index (χ1n) is 7.56. The molecule has 2 N–H and O–H groups in total. The first-order chi connectivity index (χ1) is 11.1. The van der Waals surface area contributed by atoms with E-state index in [9.17, 15) is 9.18 Å². The highest BCUT2D eigenvalue weighted by Gasteiger charge is 2.05. The fourth-order valence-corrected chi connectivity index (χ4v) is 2.46. The van der Waals surface area contributed by atoms with Gasteiger partial charge in [0.2, 0.25) is 5.91 Å². The average Bonchev–Trinajstić information content (AvgIpc) is 2.51. The molecule has 0 atom stereocenters. The monoisotopic (exact) mass is 334 g/mol. The van der Waals surface area contributed by atoms with Crippen molar-refractivity contribution in [2.24, 2.45) is 0 Å². The Kier molecular flexibility index (Phi) is 6.56. The molecule has 0 spiro atoms. The van der Waals surface area contributed by atoms with Crippen molar-refractivity contribution in [2.75, 3.05) is 18.4 Å². The Bertz CT molecular complexity index is 676. The van der Waals surface area contributed by atoms with Gasteiger partial charge < -0.3 is 10.6 Å². The minimum Gasteiger partial charge on any atom is -0.326 e. The minimum absolute atomic E-state index is 0.0613. The van der Waals surface area contributed by atoms with Gasteiger partial charge in [0.25, 0.3) is 0 Å². The van der Waals surface area contributed by atoms with Gasteiger partial charge in [0, 0.05) is 23.7 Å². The molecule has 2 rings (SSSR count). The number of benzene rings is 2. The number of amides is 1. The van der Waals surface area contributed by atoms with Crippen LogP contribution in [0.3, 0.4) is 0 Å². The minimum atomic E-state index is -0.190. The van der Waals surface area contributed by atoms with Crippen molar-refractivity contribution in [3.63, 3.8) is 0 Å². The Balaban J connectivity index is 1.68. The third-order valence-corrected chi connectivity index (χ3v) is 3.76. The van der Waals surface area contributed by atoms with Gasteiger partial charge in [-0.3, -0.25) is 4.79 Å². The Hall–Kier alpha value is -1.91. The lowest BCUT2D eigenvalue weighted by Crippen LogP contribution is -2.24. The summed E-state index contributed by atoms with van der Waals surface area (Å²) in [6.45, 7) is 3.08. The second-order valence-electron chi connectivity index (χ2n) is 5.35. The van der Waals surface area contributed by atoms with Gasteiger partial charge in [-0.2, -0.15) is 0 Å². The van der Waals surface area contributed by atoms with Gasteiger partial charge in [-0.15, -0.1) is 0 Å². The fourth-order valence-electron chi connectivity index (χ4n) is 2.23. The number of hydrogen-bond donors (Lipinski definition) is 2. The van der Waals surface area contributed by atoms with Crippen molar-refractivity contribution in [3.05, 3.63) is 64.4 Å². The predicted molar refractivity (Wildman–Crippen MR) is 92.4 cm³/mol. The SMILES string of the molecule is Cc1cc(Cl)ccc1NC(=O)CCNCCc1ccccc1F. The topological polar surface area (TPSA) is 41.1 Å². The molecule has 0 heterocycles. The number of aryl methyl sites for hydroxylation is 1. The Morgan fingerprint density at radius 1 is 1.17 bits per heavy atom. The van der Waals surface area contributed by atoms with Crippen molar-refractivity contribution in [3.8, 4) is 0 Å². The normalized spacial score (nSPS) is 10.6. The summed E-state index contributed by atoms with van der Waals surface area (Å²) in [5.41, 5.74) is 2.38. The highest BCUT2D eigenvalue weighted by Crippen LogP contribution is 2.19. The van der Waals surface area contributed by atoms with Crippen LogP contribution in [0.25, 0.3) is 0 Å². The molecule has 0 fully saturated rings. The first-order valence-corrected chi connectivity index (χ1v) is 7.94. The van der Waals surface area contributed by atoms with Crippen molar-refractivity contribution in [2.45, 2.75) is 19.8 Å². The lowest BCUT2D eigenvalue weighted by atomic mass is 10.1. The number of nitrogens with one attached hydrogen (secondary N) is 2. The standard InChI is InChI=1S/C18H20ClFN2O/c1-13-12-15(19)6-7-17(13)22-18(23)9-11-21-10-8-14-4-2-3-5-16(14)20/h2-7,12,21H,8-11H2,1H3,(H,22,23). The second-order valence-corrected chi connectivity index (χ2v) is 5.79. The summed E-state index contributed by atoms with van der Waals surface area (Å²) in [6, 6.07) is 12.1. The number of carbonyl (C=O) groups excluding carboxylic acids is 1. The maximum atomic E-state index is 13.4. The van der Waals surface area contributed by atoms with Gasteiger partial charge in [0.05, 0.1) is 0 Å². The summed E-state index contributed by atoms with van der Waals surface area (Å²) in [6.07, 6.45) is 0.962. The second kappa shape index (κ2) is 8.65. The van der Waals surface area contributed by atoms with Crippen LogP contribution < -0.4 is 10.6 Å². The van der Waals surface area contributed by atoms with Crippen LogP contribution in [-0.4, -0.2) is 19.0 Å². The highest BCUT2D eigenvalue weighted by atomic mass is 35.5. The summed E-state index contributed by atoms with van der Waals surface area (Å²) in [5, 5.41) is 6.66. The molecule has 1 amide bonds. The van der Waals surface area contributed by atoms with E-state index < -0.39 is 0 Å². The molecule has 0 aliphatic heterocycles. The maximum absolute atomic E-state index is 13.4. The van der Waals surface area contributed by atoms with Crippen molar-refractivity contribution in [1.82, 2.24) is 5.32 Å². The molecule has 122 valence electrons. The zero-order chi connectivity index (χ0) is 16.7. The summed E-state index contributed by atoms with van der Waals surface area (Å²) < 4.78 is 13.4. The number of anilines is 1. The molecule has 2 aromatic carbocycles. The summed E-state index contributed by atoms with van der Waals surface area (Å²) in [5.74, 6) is -0.251. The quantitative estimate of drug-likeness (QED) is 0.753. The van der Waals surface area contributed by atoms with Crippen LogP contribution >= 0.6 is 11.6 Å². The summed E-state index contributed by atoms with van der Waals surface area (Å²) >= 11 is 5.88. The van der Waals surface area contributed by atoms with Crippen LogP contribution in [0.2, 0.25) is 5.02 Å². The Morgan fingerprint density at radius 3 is 2.70 bits per heavy atom. The average molecular weight is 335 g/mol. The predicted octanol–water partition coefficient (Wildman–Crippen LogP) is 3.95. The number of carbonyl (C=O) groups is 1. The number of halogens is 2. The highest BCUT2D eigenvalue weighted by molar-refractivity contribution is 6.30. The lowest BCUT2D eigenvalue weighted by molar-refractivity contribution is -0.116. The van der Waals surface area contributed by atoms with Crippen molar-refractivity contribution < 1.29 is 9.18 Å². The fraction of sp³-hybridized carbons (Fsp3) is 0.278. The van der Waals surface area contributed by atoms with Crippen LogP contribution in [-0.2, 0) is 11.2 Å². The van der Waals surface area contributed by atoms with E-state index >= 15 is 0 Å². The molecule has 0 saturated carbocycles. The first kappa shape index (κ1) is 17.4. The van der Waals surface area contributed by atoms with E-state index in [0.717, 1.165) is 11.3 Å². The van der Waals surface area contributed by atoms with Crippen molar-refractivity contribution >= 4 is 23.2 Å². The van der Waals surface area contributed by atoms with E-state index in [1.54, 1.807) is 24.3 Å². The van der Waals surface area contributed by atoms with Gasteiger partial charge in [0.15, 0.2) is 0 Å². The number of rotatable bonds is 7. The molecular weight excluding hydrogens is 315 g/mol. The summed E-state index contributed by atoms with van der Waals surface area (Å²) in [4.78, 5) is 11.9. The zero-order valence-electron chi connectivity index (χ0n) is 13.0. The lowest BCUT2D eigenvalue weighted by Gasteiger charge is -2.09. The third kappa shape index (κ3) is 5.66. The molecule has 2 aromatic rings. The van der Waals surface area contributed by atoms with Gasteiger partial charge in [-0.1, -0.05) is 29.8 Å². The molecule has 3 nitrogen and oxygen atoms in total. The van der Waals surface area contributed by atoms with Crippen LogP contribution in [0, 0.1) is 12.7 Å². The molecule has 0 radical (unpaired) electrons. The van der Waals surface area contributed by atoms with Crippen LogP contribution in [0.15, 0.2) is 42.5 Å². The van der Waals surface area contributed by atoms with Gasteiger partial charge in [0.1, 0.15) is 5.82 Å². The van der Waals surface area contributed by atoms with E-state index in [2.05, 4.69) is 10.6 Å². The zero-order valence-corrected chi connectivity index (χ0v) is 13.8. The van der Waals surface area contributed by atoms with Crippen LogP contribution in [0.5, 0.6) is 0 Å². The van der Waals surface area contributed by atoms with E-state index in [1.165, 1.54) is 6.07 Å². The number of hydrogen-bond acceptors (Lipinski definition) is 2. The van der Waals surface area contributed by atoms with Gasteiger partial charge >= 0.3 is 0 Å². The van der Waals surface area contributed by atoms with Crippen molar-refractivity contribution in [1.29, 1.82) is 0 Å². The summed E-state index contributed by atoms with van der Waals surface area (Å²) in [7, 11) is 0. The molecule has 5 heteroatoms. The molecule has 0 aromatic heterocycles. The van der Waals surface area contributed by atoms with E-state index in [-0.39, 0.29) is 11.7 Å². The van der Waals surface area contributed by atoms with E-state index in [0.29, 0.717) is 36.5 Å².